The highest BCUT2D eigenvalue weighted by Crippen LogP contribution is 2.62. The van der Waals surface area contributed by atoms with Crippen LogP contribution in [0.4, 0.5) is 4.39 Å². The Kier molecular flexibility index (Phi) is 4.04. The highest BCUT2D eigenvalue weighted by Gasteiger charge is 2.62. The molecule has 31 heavy (non-hydrogen) atoms. The molecule has 2 N–H and O–H groups in total. The highest BCUT2D eigenvalue weighted by molar-refractivity contribution is 5.76. The Morgan fingerprint density at radius 1 is 1.32 bits per heavy atom. The molecule has 5 nitrogen and oxygen atoms in total. The van der Waals surface area contributed by atoms with Crippen LogP contribution in [0, 0.1) is 28.5 Å². The van der Waals surface area contributed by atoms with Crippen LogP contribution in [-0.4, -0.2) is 25.8 Å². The van der Waals surface area contributed by atoms with Crippen molar-refractivity contribution in [1.29, 1.82) is 5.26 Å². The molecule has 2 spiro atoms. The van der Waals surface area contributed by atoms with E-state index in [2.05, 4.69) is 6.92 Å². The van der Waals surface area contributed by atoms with Crippen LogP contribution >= 0.6 is 0 Å². The molecule has 1 fully saturated rings. The fraction of sp³-hybridized carbons (Fsp3) is 0.440. The quantitative estimate of drug-likeness (QED) is 0.785. The number of halogens is 1. The van der Waals surface area contributed by atoms with E-state index in [1.54, 1.807) is 13.2 Å². The van der Waals surface area contributed by atoms with E-state index in [-0.39, 0.29) is 23.6 Å². The number of rotatable bonds is 2. The Morgan fingerprint density at radius 3 is 2.84 bits per heavy atom. The van der Waals surface area contributed by atoms with E-state index in [1.807, 2.05) is 24.3 Å². The average molecular weight is 422 g/mol. The number of nitrogens with two attached hydrogens (primary N) is 1. The maximum Gasteiger partial charge on any atom is 0.283 e. The van der Waals surface area contributed by atoms with Gasteiger partial charge in [-0.25, -0.2) is 9.38 Å². The van der Waals surface area contributed by atoms with E-state index >= 15 is 0 Å². The molecule has 4 atom stereocenters. The molecule has 1 heterocycles. The predicted molar refractivity (Wildman–Crippen MR) is 116 cm³/mol. The number of methoxy groups -OCH3 is 1. The van der Waals surface area contributed by atoms with Gasteiger partial charge in [-0.3, -0.25) is 0 Å². The molecule has 0 saturated heterocycles. The molecule has 2 aliphatic carbocycles. The molecule has 0 bridgehead atoms. The minimum absolute atomic E-state index is 0.109. The predicted octanol–water partition coefficient (Wildman–Crippen LogP) is 4.28. The lowest BCUT2D eigenvalue weighted by Gasteiger charge is -2.47. The van der Waals surface area contributed by atoms with Crippen LogP contribution in [0.2, 0.25) is 0 Å². The van der Waals surface area contributed by atoms with Gasteiger partial charge in [0.2, 0.25) is 0 Å². The first-order valence-corrected chi connectivity index (χ1v) is 10.6. The number of benzene rings is 2. The minimum Gasteiger partial charge on any atom is -0.462 e. The van der Waals surface area contributed by atoms with Gasteiger partial charge in [0.1, 0.15) is 17.9 Å². The first-order valence-electron chi connectivity index (χ1n) is 11.6. The van der Waals surface area contributed by atoms with Gasteiger partial charge in [0.25, 0.3) is 6.02 Å². The van der Waals surface area contributed by atoms with E-state index in [4.69, 9.17) is 22.9 Å². The number of nitrogens with zero attached hydrogens (tertiary/aromatic N) is 2. The van der Waals surface area contributed by atoms with Crippen molar-refractivity contribution in [1.82, 2.24) is 0 Å². The van der Waals surface area contributed by atoms with Gasteiger partial charge in [0, 0.05) is 12.5 Å². The summed E-state index contributed by atoms with van der Waals surface area (Å²) in [5, 5.41) is 9.26. The summed E-state index contributed by atoms with van der Waals surface area (Å²) in [7, 11) is 1.72. The third-order valence-corrected chi connectivity index (χ3v) is 7.29. The number of amidine groups is 1. The lowest BCUT2D eigenvalue weighted by Crippen LogP contribution is -2.48. The van der Waals surface area contributed by atoms with Crippen LogP contribution in [-0.2, 0) is 21.4 Å². The molecule has 6 heteroatoms. The zero-order chi connectivity index (χ0) is 23.6. The number of ether oxygens (including phenoxy) is 2. The Labute approximate surface area is 184 Å². The van der Waals surface area contributed by atoms with Crippen molar-refractivity contribution in [3.63, 3.8) is 0 Å². The van der Waals surface area contributed by atoms with E-state index < -0.39 is 23.3 Å². The molecule has 3 aliphatic rings. The molecule has 0 radical (unpaired) electrons. The monoisotopic (exact) mass is 421 g/mol. The van der Waals surface area contributed by atoms with Crippen molar-refractivity contribution in [2.45, 2.75) is 44.2 Å². The van der Waals surface area contributed by atoms with E-state index in [1.165, 1.54) is 12.1 Å². The van der Waals surface area contributed by atoms with Gasteiger partial charge in [-0.15, -0.1) is 0 Å². The van der Waals surface area contributed by atoms with E-state index in [0.29, 0.717) is 24.0 Å². The van der Waals surface area contributed by atoms with Crippen LogP contribution in [0.1, 0.15) is 45.6 Å². The summed E-state index contributed by atoms with van der Waals surface area (Å²) in [6.45, 7) is -0.00779. The lowest BCUT2D eigenvalue weighted by molar-refractivity contribution is -0.0445. The molecule has 0 unspecified atom stereocenters. The zero-order valence-corrected chi connectivity index (χ0v) is 17.6. The summed E-state index contributed by atoms with van der Waals surface area (Å²) in [6.07, 6.45) is 2.99. The van der Waals surface area contributed by atoms with Gasteiger partial charge >= 0.3 is 0 Å². The fourth-order valence-electron chi connectivity index (χ4n) is 5.92. The second kappa shape index (κ2) is 7.06. The van der Waals surface area contributed by atoms with Gasteiger partial charge in [0.15, 0.2) is 0 Å². The molecule has 160 valence electrons. The summed E-state index contributed by atoms with van der Waals surface area (Å²) in [5.41, 5.74) is 7.33. The molecular formula is C25H26FN3O2. The smallest absolute Gasteiger partial charge is 0.283 e. The molecule has 0 amide bonds. The number of aliphatic imine (C=N–C) groups is 1. The van der Waals surface area contributed by atoms with Crippen molar-refractivity contribution in [2.75, 3.05) is 13.7 Å². The third kappa shape index (κ3) is 2.95. The molecule has 1 saturated carbocycles. The fourth-order valence-corrected chi connectivity index (χ4v) is 5.92. The number of fused-ring (bicyclic) bond motifs is 3. The van der Waals surface area contributed by atoms with Crippen molar-refractivity contribution in [3.8, 4) is 17.2 Å². The van der Waals surface area contributed by atoms with E-state index in [0.717, 1.165) is 24.0 Å². The highest BCUT2D eigenvalue weighted by atomic mass is 19.1. The number of nitriles is 1. The summed E-state index contributed by atoms with van der Waals surface area (Å²) in [4.78, 5) is 4.69. The average Bonchev–Trinajstić information content (AvgIpc) is 3.17. The molecule has 1 aliphatic heterocycles. The summed E-state index contributed by atoms with van der Waals surface area (Å²) < 4.78 is 43.1. The Hall–Kier alpha value is -2.91. The second-order valence-electron chi connectivity index (χ2n) is 9.03. The second-order valence-corrected chi connectivity index (χ2v) is 9.03. The zero-order valence-electron chi connectivity index (χ0n) is 19.6. The summed E-state index contributed by atoms with van der Waals surface area (Å²) in [5.74, 6) is -0.284. The van der Waals surface area contributed by atoms with Crippen LogP contribution < -0.4 is 5.73 Å². The molecule has 2 aromatic rings. The van der Waals surface area contributed by atoms with Crippen LogP contribution in [0.15, 0.2) is 41.4 Å². The topological polar surface area (TPSA) is 80.6 Å². The number of hydrogen-bond donors (Lipinski definition) is 1. The van der Waals surface area contributed by atoms with Crippen molar-refractivity contribution >= 4 is 6.02 Å². The van der Waals surface area contributed by atoms with Crippen molar-refractivity contribution < 1.29 is 16.6 Å². The lowest BCUT2D eigenvalue weighted by atomic mass is 9.59. The largest absolute Gasteiger partial charge is 0.462 e. The van der Waals surface area contributed by atoms with Crippen LogP contribution in [0.3, 0.4) is 0 Å². The Balaban J connectivity index is 1.70. The first kappa shape index (κ1) is 17.7. The standard InChI is InChI=1S/C25H26FN3O2/c1-15-11-24(6-5-22(15)30-2)12-18-4-3-17(19-7-16(13-27)8-20(26)9-19)10-21(18)25(24)14-31-23(28)29-25/h3-4,7-10,15,22H,5-6,11-12,14H2,1-2H3,(H2,28,29)/t15-,22-,24-,25-/m0/s1/i14D2. The van der Waals surface area contributed by atoms with Gasteiger partial charge in [0.05, 0.1) is 20.5 Å². The molecular weight excluding hydrogens is 393 g/mol. The van der Waals surface area contributed by atoms with Crippen LogP contribution in [0.25, 0.3) is 11.1 Å². The third-order valence-electron chi connectivity index (χ3n) is 7.29. The molecule has 2 aromatic carbocycles. The number of hydrogen-bond acceptors (Lipinski definition) is 5. The minimum atomic E-state index is -2.14. The molecule has 0 aromatic heterocycles. The summed E-state index contributed by atoms with van der Waals surface area (Å²) in [6, 6.07) is 11.8. The van der Waals surface area contributed by atoms with Gasteiger partial charge in [-0.05, 0) is 78.1 Å². The van der Waals surface area contributed by atoms with Crippen LogP contribution in [0.5, 0.6) is 0 Å². The van der Waals surface area contributed by atoms with Gasteiger partial charge < -0.3 is 15.2 Å². The SMILES string of the molecule is [2H]C1([2H])OC(N)=N[C@]12c1cc(-c3cc(F)cc(C#N)c3)ccc1C[C@@]21CC[C@H](OC)[C@@H](C)C1. The van der Waals surface area contributed by atoms with Crippen molar-refractivity contribution in [3.05, 3.63) is 58.9 Å². The normalized spacial score (nSPS) is 33.9. The van der Waals surface area contributed by atoms with Crippen molar-refractivity contribution in [2.24, 2.45) is 22.1 Å². The van der Waals surface area contributed by atoms with E-state index in [9.17, 15) is 9.65 Å². The molecule has 5 rings (SSSR count). The Morgan fingerprint density at radius 2 is 2.16 bits per heavy atom. The maximum absolute atomic E-state index is 14.2. The first-order chi connectivity index (χ1) is 15.6. The Bertz CT molecular complexity index is 1210. The van der Waals surface area contributed by atoms with Gasteiger partial charge in [-0.2, -0.15) is 5.26 Å². The summed E-state index contributed by atoms with van der Waals surface area (Å²) >= 11 is 0. The van der Waals surface area contributed by atoms with Gasteiger partial charge in [-0.1, -0.05) is 19.1 Å². The maximum atomic E-state index is 14.2.